The van der Waals surface area contributed by atoms with E-state index in [4.69, 9.17) is 4.98 Å². The molecule has 0 radical (unpaired) electrons. The lowest BCUT2D eigenvalue weighted by molar-refractivity contribution is 0.509. The van der Waals surface area contributed by atoms with Crippen molar-refractivity contribution in [2.75, 3.05) is 0 Å². The van der Waals surface area contributed by atoms with Gasteiger partial charge in [0.15, 0.2) is 5.16 Å². The number of nitrogens with zero attached hydrogens (tertiary/aromatic N) is 5. The molecule has 5 rings (SSSR count). The molecule has 4 aromatic heterocycles. The lowest BCUT2D eigenvalue weighted by Crippen LogP contribution is -2.23. The van der Waals surface area contributed by atoms with E-state index < -0.39 is 0 Å². The lowest BCUT2D eigenvalue weighted by atomic mass is 9.89. The number of aryl methyl sites for hydroxylation is 2. The zero-order chi connectivity index (χ0) is 21.0. The maximum absolute atomic E-state index is 13.3. The average molecular weight is 460 g/mol. The standard InChI is InChI=1S/C20H21N5O2S3/c1-4-24-18(27)16-12-6-5-10(2)7-13(12)29-17(16)22-19(24)28-9-14-23-25-15(26)8-11(3)21-20(25)30-14/h8,10H,4-7,9H2,1-3H3/t10-/m1/s1. The monoisotopic (exact) mass is 459 g/mol. The minimum atomic E-state index is -0.173. The van der Waals surface area contributed by atoms with Gasteiger partial charge in [0, 0.05) is 23.2 Å². The molecule has 1 aliphatic carbocycles. The zero-order valence-corrected chi connectivity index (χ0v) is 19.4. The Morgan fingerprint density at radius 3 is 2.90 bits per heavy atom. The largest absolute Gasteiger partial charge is 0.287 e. The van der Waals surface area contributed by atoms with Gasteiger partial charge in [-0.05, 0) is 44.6 Å². The molecule has 0 saturated carbocycles. The van der Waals surface area contributed by atoms with Crippen LogP contribution in [0, 0.1) is 12.8 Å². The maximum Gasteiger partial charge on any atom is 0.275 e. The van der Waals surface area contributed by atoms with Crippen LogP contribution >= 0.6 is 34.4 Å². The van der Waals surface area contributed by atoms with Gasteiger partial charge < -0.3 is 0 Å². The van der Waals surface area contributed by atoms with Gasteiger partial charge >= 0.3 is 0 Å². The second kappa shape index (κ2) is 7.58. The number of thioether (sulfide) groups is 1. The van der Waals surface area contributed by atoms with Crippen molar-refractivity contribution in [1.82, 2.24) is 24.1 Å². The molecule has 1 atom stereocenters. The maximum atomic E-state index is 13.3. The fourth-order valence-corrected chi connectivity index (χ4v) is 7.36. The molecule has 0 aliphatic heterocycles. The molecule has 156 valence electrons. The number of hydrogen-bond acceptors (Lipinski definition) is 8. The van der Waals surface area contributed by atoms with Crippen molar-refractivity contribution in [2.45, 2.75) is 57.5 Å². The van der Waals surface area contributed by atoms with Crippen LogP contribution < -0.4 is 11.1 Å². The number of fused-ring (bicyclic) bond motifs is 4. The summed E-state index contributed by atoms with van der Waals surface area (Å²) in [7, 11) is 0. The predicted molar refractivity (Wildman–Crippen MR) is 122 cm³/mol. The first kappa shape index (κ1) is 19.9. The topological polar surface area (TPSA) is 82.2 Å². The Hall–Kier alpha value is -2.04. The van der Waals surface area contributed by atoms with Gasteiger partial charge in [-0.25, -0.2) is 9.97 Å². The van der Waals surface area contributed by atoms with Crippen LogP contribution in [0.15, 0.2) is 20.8 Å². The van der Waals surface area contributed by atoms with Crippen molar-refractivity contribution < 1.29 is 0 Å². The fourth-order valence-electron chi connectivity index (χ4n) is 3.94. The molecule has 0 N–H and O–H groups in total. The first-order valence-corrected chi connectivity index (χ1v) is 12.6. The molecule has 7 nitrogen and oxygen atoms in total. The highest BCUT2D eigenvalue weighted by Crippen LogP contribution is 2.36. The smallest absolute Gasteiger partial charge is 0.275 e. The molecule has 0 unspecified atom stereocenters. The summed E-state index contributed by atoms with van der Waals surface area (Å²) in [5, 5.41) is 6.71. The SMILES string of the molecule is CCn1c(SCc2nn3c(=O)cc(C)nc3s2)nc2sc3c(c2c1=O)CC[C@@H](C)C3. The van der Waals surface area contributed by atoms with E-state index in [1.807, 2.05) is 6.92 Å². The zero-order valence-electron chi connectivity index (χ0n) is 17.0. The summed E-state index contributed by atoms with van der Waals surface area (Å²) in [6, 6.07) is 1.48. The molecule has 0 spiro atoms. The van der Waals surface area contributed by atoms with Gasteiger partial charge in [-0.15, -0.1) is 11.3 Å². The van der Waals surface area contributed by atoms with Gasteiger partial charge in [0.05, 0.1) is 11.1 Å². The molecule has 4 heterocycles. The van der Waals surface area contributed by atoms with Crippen molar-refractivity contribution in [3.05, 3.63) is 47.9 Å². The Morgan fingerprint density at radius 1 is 1.27 bits per heavy atom. The summed E-state index contributed by atoms with van der Waals surface area (Å²) < 4.78 is 3.10. The first-order chi connectivity index (χ1) is 14.4. The van der Waals surface area contributed by atoms with Gasteiger partial charge in [0.25, 0.3) is 11.1 Å². The Bertz CT molecular complexity index is 1400. The molecule has 0 fully saturated rings. The van der Waals surface area contributed by atoms with Crippen molar-refractivity contribution in [1.29, 1.82) is 0 Å². The third-order valence-electron chi connectivity index (χ3n) is 5.44. The number of rotatable bonds is 4. The van der Waals surface area contributed by atoms with Gasteiger partial charge in [0.1, 0.15) is 9.84 Å². The van der Waals surface area contributed by atoms with E-state index >= 15 is 0 Å². The van der Waals surface area contributed by atoms with Crippen LogP contribution in [0.2, 0.25) is 0 Å². The molecule has 0 aromatic carbocycles. The third kappa shape index (κ3) is 3.30. The van der Waals surface area contributed by atoms with E-state index in [0.29, 0.717) is 34.0 Å². The highest BCUT2D eigenvalue weighted by molar-refractivity contribution is 7.98. The second-order valence-corrected chi connectivity index (χ2v) is 10.8. The molecule has 0 amide bonds. The summed E-state index contributed by atoms with van der Waals surface area (Å²) >= 11 is 4.56. The van der Waals surface area contributed by atoms with Gasteiger partial charge in [-0.2, -0.15) is 9.61 Å². The highest BCUT2D eigenvalue weighted by Gasteiger charge is 2.24. The Balaban J connectivity index is 1.52. The number of hydrogen-bond donors (Lipinski definition) is 0. The Labute approximate surface area is 184 Å². The molecule has 4 aromatic rings. The van der Waals surface area contributed by atoms with Crippen LogP contribution in [0.5, 0.6) is 0 Å². The van der Waals surface area contributed by atoms with Crippen molar-refractivity contribution in [3.8, 4) is 0 Å². The first-order valence-electron chi connectivity index (χ1n) is 9.99. The van der Waals surface area contributed by atoms with Crippen LogP contribution in [0.4, 0.5) is 0 Å². The summed E-state index contributed by atoms with van der Waals surface area (Å²) in [6.45, 7) is 6.62. The van der Waals surface area contributed by atoms with Crippen LogP contribution in [-0.4, -0.2) is 24.1 Å². The molecule has 10 heteroatoms. The Morgan fingerprint density at radius 2 is 2.10 bits per heavy atom. The third-order valence-corrected chi connectivity index (χ3v) is 8.66. The Kier molecular flexibility index (Phi) is 5.03. The number of aromatic nitrogens is 5. The van der Waals surface area contributed by atoms with E-state index in [1.165, 1.54) is 44.1 Å². The molecule has 1 aliphatic rings. The molecular formula is C20H21N5O2S3. The summed E-state index contributed by atoms with van der Waals surface area (Å²) in [4.78, 5) is 37.4. The summed E-state index contributed by atoms with van der Waals surface area (Å²) in [5.41, 5.74) is 1.80. The van der Waals surface area contributed by atoms with Gasteiger partial charge in [-0.1, -0.05) is 30.0 Å². The van der Waals surface area contributed by atoms with Crippen LogP contribution in [0.25, 0.3) is 15.2 Å². The van der Waals surface area contributed by atoms with Crippen molar-refractivity contribution >= 4 is 49.6 Å². The van der Waals surface area contributed by atoms with Crippen LogP contribution in [0.1, 0.15) is 41.4 Å². The minimum Gasteiger partial charge on any atom is -0.287 e. The van der Waals surface area contributed by atoms with Crippen LogP contribution in [-0.2, 0) is 25.1 Å². The summed E-state index contributed by atoms with van der Waals surface area (Å²) in [6.07, 6.45) is 3.14. The highest BCUT2D eigenvalue weighted by atomic mass is 32.2. The number of thiophene rings is 1. The minimum absolute atomic E-state index is 0.0647. The van der Waals surface area contributed by atoms with E-state index in [1.54, 1.807) is 22.8 Å². The molecule has 0 bridgehead atoms. The molecule has 30 heavy (non-hydrogen) atoms. The summed E-state index contributed by atoms with van der Waals surface area (Å²) in [5.74, 6) is 1.19. The van der Waals surface area contributed by atoms with E-state index in [9.17, 15) is 9.59 Å². The second-order valence-electron chi connectivity index (χ2n) is 7.69. The molecular weight excluding hydrogens is 438 g/mol. The molecule has 0 saturated heterocycles. The van der Waals surface area contributed by atoms with Gasteiger partial charge in [0.2, 0.25) is 4.96 Å². The van der Waals surface area contributed by atoms with Crippen molar-refractivity contribution in [3.63, 3.8) is 0 Å². The van der Waals surface area contributed by atoms with E-state index in [0.717, 1.165) is 34.5 Å². The normalized spacial score (nSPS) is 16.4. The predicted octanol–water partition coefficient (Wildman–Crippen LogP) is 3.67. The quantitative estimate of drug-likeness (QED) is 0.342. The van der Waals surface area contributed by atoms with E-state index in [2.05, 4.69) is 17.0 Å². The van der Waals surface area contributed by atoms with E-state index in [-0.39, 0.29) is 11.1 Å². The average Bonchev–Trinajstić information content (AvgIpc) is 3.26. The van der Waals surface area contributed by atoms with Gasteiger partial charge in [-0.3, -0.25) is 14.2 Å². The fraction of sp³-hybridized carbons (Fsp3) is 0.450. The van der Waals surface area contributed by atoms with Crippen LogP contribution in [0.3, 0.4) is 0 Å². The van der Waals surface area contributed by atoms with Crippen molar-refractivity contribution in [2.24, 2.45) is 5.92 Å². The lowest BCUT2D eigenvalue weighted by Gasteiger charge is -2.17.